The van der Waals surface area contributed by atoms with Crippen LogP contribution in [0.25, 0.3) is 31.7 Å². The second kappa shape index (κ2) is 17.3. The second-order valence-electron chi connectivity index (χ2n) is 13.4. The molecule has 5 heterocycles. The molecule has 56 heavy (non-hydrogen) atoms. The number of ether oxygens (including phenoxy) is 1. The predicted octanol–water partition coefficient (Wildman–Crippen LogP) is 13.3. The van der Waals surface area contributed by atoms with Crippen molar-refractivity contribution in [2.45, 2.75) is 27.7 Å². The summed E-state index contributed by atoms with van der Waals surface area (Å²) in [6, 6.07) is 37.8. The van der Waals surface area contributed by atoms with E-state index in [1.165, 1.54) is 84.1 Å². The standard InChI is InChI=1S/C47H39N2OPS4.Os/c1-6-17-40-31(3)26-42(52-40)46-44-45(49-55-48-44)47(54-46)43-27-32(4)41(53-43)25-24-35(28-36-30-50-29-34(36)7-2)33(5)51(37-18-11-8-12-19-37,38-20-13-9-14-21-38)39-22-15-10-16-23-39;/h6-28H,29-30H2,1-4H3;/q+1;/b17-6+,25-24+,34-7?,35-33?,36-28?;. The molecular formula is C47H39N2OOsPS4+. The number of fused-ring (bicyclic) bond motifs is 1. The van der Waals surface area contributed by atoms with E-state index in [1.807, 2.05) is 52.0 Å². The van der Waals surface area contributed by atoms with Gasteiger partial charge in [0.15, 0.2) is 0 Å². The average molecular weight is 997 g/mol. The predicted molar refractivity (Wildman–Crippen MR) is 244 cm³/mol. The van der Waals surface area contributed by atoms with E-state index in [0.717, 1.165) is 16.9 Å². The first-order valence-electron chi connectivity index (χ1n) is 18.3. The molecule has 9 heteroatoms. The van der Waals surface area contributed by atoms with Crippen molar-refractivity contribution in [2.75, 3.05) is 13.2 Å². The minimum absolute atomic E-state index is 0.588. The van der Waals surface area contributed by atoms with Crippen LogP contribution in [0.4, 0.5) is 11.4 Å². The second-order valence-corrected chi connectivity index (χ2v) is 21.1. The number of nitrogens with zero attached hydrogens (tertiary/aromatic N) is 2. The Morgan fingerprint density at radius 2 is 1.20 bits per heavy atom. The van der Waals surface area contributed by atoms with Crippen LogP contribution in [0.15, 0.2) is 158 Å². The number of hydrogen-bond acceptors (Lipinski definition) is 6. The van der Waals surface area contributed by atoms with Gasteiger partial charge in [-0.3, -0.25) is 0 Å². The molecule has 8 rings (SSSR count). The molecule has 0 N–H and O–H groups in total. The number of allylic oxidation sites excluding steroid dienone is 6. The Kier molecular flexibility index (Phi) is 12.0. The molecule has 279 valence electrons. The van der Waals surface area contributed by atoms with Gasteiger partial charge in [0.25, 0.3) is 0 Å². The minimum atomic E-state index is -2.43. The van der Waals surface area contributed by atoms with E-state index >= 15 is 0 Å². The van der Waals surface area contributed by atoms with Crippen LogP contribution in [0.2, 0.25) is 0 Å². The van der Waals surface area contributed by atoms with Crippen molar-refractivity contribution >= 4 is 92.1 Å². The van der Waals surface area contributed by atoms with Crippen molar-refractivity contribution in [2.24, 2.45) is 8.73 Å². The summed E-state index contributed by atoms with van der Waals surface area (Å²) in [5.41, 5.74) is 8.13. The molecule has 6 aromatic rings. The molecule has 0 radical (unpaired) electrons. The van der Waals surface area contributed by atoms with E-state index in [0.29, 0.717) is 13.2 Å². The number of thiophene rings is 3. The first-order valence-corrected chi connectivity index (χ1v) is 24.6. The van der Waals surface area contributed by atoms with E-state index < -0.39 is 7.26 Å². The normalized spacial score (nSPS) is 15.9. The number of rotatable bonds is 10. The molecule has 0 aliphatic carbocycles. The van der Waals surface area contributed by atoms with Crippen molar-refractivity contribution < 1.29 is 22.7 Å². The quantitative estimate of drug-likeness (QED) is 0.0993. The van der Waals surface area contributed by atoms with Crippen LogP contribution in [0.1, 0.15) is 34.7 Å². The zero-order valence-electron chi connectivity index (χ0n) is 31.4. The summed E-state index contributed by atoms with van der Waals surface area (Å²) in [6.07, 6.45) is 13.5. The van der Waals surface area contributed by atoms with E-state index in [9.17, 15) is 0 Å². The van der Waals surface area contributed by atoms with Gasteiger partial charge in [-0.1, -0.05) is 6.08 Å². The van der Waals surface area contributed by atoms with Gasteiger partial charge in [0.2, 0.25) is 0 Å². The Balaban J connectivity index is 1.31. The van der Waals surface area contributed by atoms with Gasteiger partial charge >= 0.3 is 305 Å². The van der Waals surface area contributed by atoms with Gasteiger partial charge < -0.3 is 0 Å². The van der Waals surface area contributed by atoms with Crippen LogP contribution < -0.4 is 15.9 Å². The van der Waals surface area contributed by atoms with Crippen LogP contribution in [-0.2, 0) is 34.0 Å². The van der Waals surface area contributed by atoms with Gasteiger partial charge in [-0.15, -0.1) is 11.3 Å². The van der Waals surface area contributed by atoms with E-state index in [2.05, 4.69) is 172 Å². The third-order valence-electron chi connectivity index (χ3n) is 9.94. The monoisotopic (exact) mass is 998 g/mol. The Morgan fingerprint density at radius 3 is 1.68 bits per heavy atom. The molecule has 0 amide bonds. The fraction of sp³-hybridized carbons (Fsp3) is 0.128. The third-order valence-corrected chi connectivity index (χ3v) is 19.8. The molecule has 3 nitrogen and oxygen atoms in total. The van der Waals surface area contributed by atoms with Crippen LogP contribution in [0.5, 0.6) is 0 Å². The molecule has 3 aromatic carbocycles. The molecule has 3 aromatic heterocycles. The number of benzene rings is 3. The first-order chi connectivity index (χ1) is 27.5. The van der Waals surface area contributed by atoms with Crippen molar-refractivity contribution in [3.8, 4) is 23.9 Å². The first kappa shape index (κ1) is 38.9. The molecule has 0 atom stereocenters. The zero-order valence-corrected chi connectivity index (χ0v) is 38.1. The van der Waals surface area contributed by atoms with Crippen molar-refractivity contribution in [1.29, 1.82) is 0 Å². The van der Waals surface area contributed by atoms with E-state index in [1.54, 1.807) is 0 Å². The number of aryl methyl sites for hydroxylation is 2. The molecule has 0 bridgehead atoms. The Bertz CT molecular complexity index is 2600. The van der Waals surface area contributed by atoms with Gasteiger partial charge in [-0.05, 0) is 31.6 Å². The summed E-state index contributed by atoms with van der Waals surface area (Å²) >= 11 is 8.58. The van der Waals surface area contributed by atoms with Crippen LogP contribution >= 0.6 is 41.3 Å². The van der Waals surface area contributed by atoms with Crippen LogP contribution in [-0.4, -0.2) is 13.2 Å². The number of hydrogen-bond donors (Lipinski definition) is 0. The van der Waals surface area contributed by atoms with E-state index in [4.69, 9.17) is 13.5 Å². The average Bonchev–Trinajstić information content (AvgIpc) is 4.08. The fourth-order valence-electron chi connectivity index (χ4n) is 7.22. The van der Waals surface area contributed by atoms with Gasteiger partial charge in [-0.2, -0.15) is 0 Å². The maximum atomic E-state index is 6.03. The SMILES string of the molecule is CC=C1COCC1=CC(/C=C/c1sc(-c2sc(-c3cc(C)c(/C=C/C)s3)c3c2N=S=N3)cc1C)=C([C]#[Os])[P+](c1ccccc1)(c1ccccc1)c1ccccc1. The Hall–Kier alpha value is -3.91. The maximum absolute atomic E-state index is 6.03. The Morgan fingerprint density at radius 1 is 0.696 bits per heavy atom. The third kappa shape index (κ3) is 7.36. The summed E-state index contributed by atoms with van der Waals surface area (Å²) in [6.45, 7) is 9.80. The molecule has 0 saturated carbocycles. The molecule has 0 spiro atoms. The summed E-state index contributed by atoms with van der Waals surface area (Å²) in [7, 11) is -2.43. The van der Waals surface area contributed by atoms with Crippen LogP contribution in [0, 0.1) is 18.2 Å². The molecule has 1 fully saturated rings. The van der Waals surface area contributed by atoms with Gasteiger partial charge in [0.05, 0.1) is 0 Å². The van der Waals surface area contributed by atoms with Gasteiger partial charge in [0, 0.05) is 4.88 Å². The fourth-order valence-corrected chi connectivity index (χ4v) is 17.3. The van der Waals surface area contributed by atoms with Gasteiger partial charge in [0.1, 0.15) is 0 Å². The van der Waals surface area contributed by atoms with Crippen LogP contribution in [0.3, 0.4) is 0 Å². The zero-order chi connectivity index (χ0) is 38.6. The molecule has 2 aliphatic heterocycles. The summed E-state index contributed by atoms with van der Waals surface area (Å²) in [5, 5.41) is 5.11. The molecule has 2 aliphatic rings. The summed E-state index contributed by atoms with van der Waals surface area (Å²) in [4.78, 5) is 7.37. The van der Waals surface area contributed by atoms with Crippen molar-refractivity contribution in [3.63, 3.8) is 0 Å². The van der Waals surface area contributed by atoms with Crippen molar-refractivity contribution in [3.05, 3.63) is 170 Å². The van der Waals surface area contributed by atoms with E-state index in [-0.39, 0.29) is 0 Å². The molecule has 1 saturated heterocycles. The van der Waals surface area contributed by atoms with Gasteiger partial charge in [-0.25, -0.2) is 0 Å². The molecular weight excluding hydrogens is 958 g/mol. The van der Waals surface area contributed by atoms with Crippen molar-refractivity contribution in [1.82, 2.24) is 0 Å². The topological polar surface area (TPSA) is 34.0 Å². The molecule has 0 unspecified atom stereocenters. The summed E-state index contributed by atoms with van der Waals surface area (Å²) in [5.74, 6) is 0. The Labute approximate surface area is 355 Å². The summed E-state index contributed by atoms with van der Waals surface area (Å²) < 4.78 is 19.5.